The summed E-state index contributed by atoms with van der Waals surface area (Å²) in [6.45, 7) is 6.85. The Labute approximate surface area is 127 Å². The van der Waals surface area contributed by atoms with Crippen LogP contribution in [-0.4, -0.2) is 29.6 Å². The van der Waals surface area contributed by atoms with E-state index in [-0.39, 0.29) is 11.5 Å². The fourth-order valence-electron chi connectivity index (χ4n) is 1.40. The van der Waals surface area contributed by atoms with E-state index >= 15 is 0 Å². The first-order valence-electron chi connectivity index (χ1n) is 6.19. The number of hydrogen-bond acceptors (Lipinski definition) is 5. The zero-order chi connectivity index (χ0) is 14.5. The van der Waals surface area contributed by atoms with Gasteiger partial charge in [-0.15, -0.1) is 0 Å². The molecule has 0 radical (unpaired) electrons. The molecule has 19 heavy (non-hydrogen) atoms. The third-order valence-electron chi connectivity index (χ3n) is 2.41. The molecular formula is C13H20IN3O2. The van der Waals surface area contributed by atoms with Crippen molar-refractivity contribution in [1.82, 2.24) is 4.98 Å². The largest absolute Gasteiger partial charge is 0.462 e. The van der Waals surface area contributed by atoms with Crippen LogP contribution >= 0.6 is 22.6 Å². The summed E-state index contributed by atoms with van der Waals surface area (Å²) >= 11 is 2.14. The molecule has 0 saturated carbocycles. The SMILES string of the molecule is CCOC(=O)c1cnc(NCCC(C)(C)N)c(I)c1. The number of carbonyl (C=O) groups excluding carboxylic acids is 1. The number of nitrogens with two attached hydrogens (primary N) is 1. The number of hydrogen-bond donors (Lipinski definition) is 2. The van der Waals surface area contributed by atoms with Gasteiger partial charge in [-0.3, -0.25) is 0 Å². The standard InChI is InChI=1S/C13H20IN3O2/c1-4-19-12(18)9-7-10(14)11(17-8-9)16-6-5-13(2,3)15/h7-8H,4-6,15H2,1-3H3,(H,16,17). The van der Waals surface area contributed by atoms with Gasteiger partial charge < -0.3 is 15.8 Å². The molecule has 1 heterocycles. The molecule has 106 valence electrons. The number of carbonyl (C=O) groups is 1. The molecule has 1 aromatic rings. The van der Waals surface area contributed by atoms with E-state index in [9.17, 15) is 4.79 Å². The van der Waals surface area contributed by atoms with E-state index in [1.807, 2.05) is 13.8 Å². The average Bonchev–Trinajstić information content (AvgIpc) is 2.30. The molecule has 6 heteroatoms. The fourth-order valence-corrected chi connectivity index (χ4v) is 2.06. The average molecular weight is 377 g/mol. The Balaban J connectivity index is 2.65. The fraction of sp³-hybridized carbons (Fsp3) is 0.538. The van der Waals surface area contributed by atoms with Gasteiger partial charge in [-0.1, -0.05) is 0 Å². The number of pyridine rings is 1. The van der Waals surface area contributed by atoms with Crippen molar-refractivity contribution in [2.45, 2.75) is 32.7 Å². The summed E-state index contributed by atoms with van der Waals surface area (Å²) in [4.78, 5) is 15.8. The summed E-state index contributed by atoms with van der Waals surface area (Å²) in [7, 11) is 0. The van der Waals surface area contributed by atoms with Crippen LogP contribution in [0.5, 0.6) is 0 Å². The monoisotopic (exact) mass is 377 g/mol. The molecule has 3 N–H and O–H groups in total. The Kier molecular flexibility index (Phi) is 5.99. The minimum atomic E-state index is -0.345. The van der Waals surface area contributed by atoms with Gasteiger partial charge in [-0.05, 0) is 55.8 Å². The lowest BCUT2D eigenvalue weighted by molar-refractivity contribution is 0.0526. The van der Waals surface area contributed by atoms with Crippen LogP contribution in [-0.2, 0) is 4.74 Å². The lowest BCUT2D eigenvalue weighted by Gasteiger charge is -2.18. The van der Waals surface area contributed by atoms with Gasteiger partial charge in [0.2, 0.25) is 0 Å². The van der Waals surface area contributed by atoms with E-state index in [4.69, 9.17) is 10.5 Å². The van der Waals surface area contributed by atoms with Crippen molar-refractivity contribution in [3.8, 4) is 0 Å². The van der Waals surface area contributed by atoms with Crippen LogP contribution in [0.1, 0.15) is 37.6 Å². The predicted molar refractivity (Wildman–Crippen MR) is 84.3 cm³/mol. The van der Waals surface area contributed by atoms with E-state index in [1.54, 1.807) is 13.0 Å². The topological polar surface area (TPSA) is 77.2 Å². The normalized spacial score (nSPS) is 11.2. The Morgan fingerprint density at radius 1 is 1.58 bits per heavy atom. The molecule has 0 amide bonds. The van der Waals surface area contributed by atoms with Crippen molar-refractivity contribution in [1.29, 1.82) is 0 Å². The number of esters is 1. The van der Waals surface area contributed by atoms with Gasteiger partial charge in [0.05, 0.1) is 15.7 Å². The minimum absolute atomic E-state index is 0.205. The van der Waals surface area contributed by atoms with Crippen molar-refractivity contribution in [2.24, 2.45) is 5.73 Å². The lowest BCUT2D eigenvalue weighted by Crippen LogP contribution is -2.34. The first-order valence-corrected chi connectivity index (χ1v) is 7.27. The Morgan fingerprint density at radius 2 is 2.26 bits per heavy atom. The van der Waals surface area contributed by atoms with Crippen LogP contribution in [0.25, 0.3) is 0 Å². The number of aromatic nitrogens is 1. The van der Waals surface area contributed by atoms with Gasteiger partial charge in [0.25, 0.3) is 0 Å². The third kappa shape index (κ3) is 5.73. The zero-order valence-corrected chi connectivity index (χ0v) is 13.7. The number of anilines is 1. The van der Waals surface area contributed by atoms with Crippen LogP contribution in [0.2, 0.25) is 0 Å². The maximum atomic E-state index is 11.6. The maximum Gasteiger partial charge on any atom is 0.339 e. The van der Waals surface area contributed by atoms with Gasteiger partial charge in [0.15, 0.2) is 0 Å². The molecule has 0 bridgehead atoms. The second kappa shape index (κ2) is 7.04. The van der Waals surface area contributed by atoms with Crippen molar-refractivity contribution in [2.75, 3.05) is 18.5 Å². The summed E-state index contributed by atoms with van der Waals surface area (Å²) in [6.07, 6.45) is 2.36. The van der Waals surface area contributed by atoms with Crippen molar-refractivity contribution >= 4 is 34.4 Å². The number of nitrogens with zero attached hydrogens (tertiary/aromatic N) is 1. The smallest absolute Gasteiger partial charge is 0.339 e. The molecular weight excluding hydrogens is 357 g/mol. The molecule has 0 aliphatic heterocycles. The summed E-state index contributed by atoms with van der Waals surface area (Å²) in [5.41, 5.74) is 6.17. The summed E-state index contributed by atoms with van der Waals surface area (Å²) in [5.74, 6) is 0.417. The van der Waals surface area contributed by atoms with Gasteiger partial charge in [0.1, 0.15) is 5.82 Å². The predicted octanol–water partition coefficient (Wildman–Crippen LogP) is 2.40. The van der Waals surface area contributed by atoms with Crippen molar-refractivity contribution in [3.63, 3.8) is 0 Å². The molecule has 0 unspecified atom stereocenters. The van der Waals surface area contributed by atoms with E-state index in [0.29, 0.717) is 12.2 Å². The molecule has 1 rings (SSSR count). The summed E-state index contributed by atoms with van der Waals surface area (Å²) in [5, 5.41) is 3.22. The molecule has 5 nitrogen and oxygen atoms in total. The van der Waals surface area contributed by atoms with Gasteiger partial charge >= 0.3 is 5.97 Å². The van der Waals surface area contributed by atoms with Crippen LogP contribution in [0.3, 0.4) is 0 Å². The Bertz CT molecular complexity index is 444. The molecule has 0 aromatic carbocycles. The Morgan fingerprint density at radius 3 is 2.79 bits per heavy atom. The summed E-state index contributed by atoms with van der Waals surface area (Å²) in [6, 6.07) is 1.77. The van der Waals surface area contributed by atoms with Crippen LogP contribution < -0.4 is 11.1 Å². The highest BCUT2D eigenvalue weighted by atomic mass is 127. The molecule has 0 fully saturated rings. The molecule has 0 saturated heterocycles. The van der Waals surface area contributed by atoms with Crippen molar-refractivity contribution < 1.29 is 9.53 Å². The number of rotatable bonds is 6. The summed E-state index contributed by atoms with van der Waals surface area (Å²) < 4.78 is 5.82. The van der Waals surface area contributed by atoms with Gasteiger partial charge in [-0.2, -0.15) is 0 Å². The lowest BCUT2D eigenvalue weighted by atomic mass is 10.0. The van der Waals surface area contributed by atoms with Gasteiger partial charge in [0, 0.05) is 18.3 Å². The number of nitrogens with one attached hydrogen (secondary N) is 1. The molecule has 0 aliphatic carbocycles. The van der Waals surface area contributed by atoms with Crippen LogP contribution in [0.4, 0.5) is 5.82 Å². The van der Waals surface area contributed by atoms with Crippen molar-refractivity contribution in [3.05, 3.63) is 21.4 Å². The minimum Gasteiger partial charge on any atom is -0.462 e. The first-order chi connectivity index (χ1) is 8.83. The number of halogens is 1. The molecule has 0 aliphatic rings. The van der Waals surface area contributed by atoms with E-state index in [2.05, 4.69) is 32.9 Å². The highest BCUT2D eigenvalue weighted by molar-refractivity contribution is 14.1. The first kappa shape index (κ1) is 16.2. The van der Waals surface area contributed by atoms with Crippen LogP contribution in [0.15, 0.2) is 12.3 Å². The van der Waals surface area contributed by atoms with E-state index in [0.717, 1.165) is 22.4 Å². The quantitative estimate of drug-likeness (QED) is 0.588. The van der Waals surface area contributed by atoms with Gasteiger partial charge in [-0.25, -0.2) is 9.78 Å². The maximum absolute atomic E-state index is 11.6. The number of ether oxygens (including phenoxy) is 1. The highest BCUT2D eigenvalue weighted by Gasteiger charge is 2.12. The van der Waals surface area contributed by atoms with E-state index in [1.165, 1.54) is 6.20 Å². The molecule has 1 aromatic heterocycles. The molecule has 0 atom stereocenters. The third-order valence-corrected chi connectivity index (χ3v) is 3.24. The second-order valence-corrected chi connectivity index (χ2v) is 6.10. The molecule has 0 spiro atoms. The Hall–Kier alpha value is -0.890. The van der Waals surface area contributed by atoms with E-state index < -0.39 is 0 Å². The van der Waals surface area contributed by atoms with Crippen LogP contribution in [0, 0.1) is 3.57 Å². The second-order valence-electron chi connectivity index (χ2n) is 4.94. The highest BCUT2D eigenvalue weighted by Crippen LogP contribution is 2.17. The zero-order valence-electron chi connectivity index (χ0n) is 11.5.